The minimum absolute atomic E-state index is 0.0307. The first-order chi connectivity index (χ1) is 31.6. The molecule has 5 aromatic rings. The number of alkyl carbamates (subject to hydrolysis) is 1. The van der Waals surface area contributed by atoms with Crippen LogP contribution in [0.5, 0.6) is 23.0 Å². The van der Waals surface area contributed by atoms with Gasteiger partial charge in [0.25, 0.3) is 0 Å². The third-order valence-corrected chi connectivity index (χ3v) is 15.4. The van der Waals surface area contributed by atoms with Crippen LogP contribution in [0.4, 0.5) is 4.79 Å². The molecule has 0 saturated carbocycles. The molecular weight excluding hydrogens is 841 g/mol. The van der Waals surface area contributed by atoms with Crippen LogP contribution in [0.25, 0.3) is 11.1 Å². The van der Waals surface area contributed by atoms with Crippen LogP contribution >= 0.6 is 11.8 Å². The molecule has 1 aliphatic carbocycles. The minimum Gasteiger partial charge on any atom is -0.507 e. The number of amides is 1. The van der Waals surface area contributed by atoms with E-state index in [1.807, 2.05) is 37.3 Å². The number of aryl methyl sites for hydroxylation is 1. The molecule has 4 aliphatic heterocycles. The van der Waals surface area contributed by atoms with Crippen molar-refractivity contribution >= 4 is 23.8 Å². The summed E-state index contributed by atoms with van der Waals surface area (Å²) in [6.45, 7) is 5.77. The maximum atomic E-state index is 14.6. The molecule has 0 spiro atoms. The van der Waals surface area contributed by atoms with Gasteiger partial charge in [0.05, 0.1) is 25.3 Å². The number of phenols is 1. The first-order valence-corrected chi connectivity index (χ1v) is 23.3. The van der Waals surface area contributed by atoms with Gasteiger partial charge in [0.15, 0.2) is 11.5 Å². The van der Waals surface area contributed by atoms with Gasteiger partial charge in [-0.25, -0.2) is 9.59 Å². The number of hydrogen-bond acceptors (Lipinski definition) is 12. The number of hydrogen-bond donors (Lipinski definition) is 2. The summed E-state index contributed by atoms with van der Waals surface area (Å²) in [6.07, 6.45) is 0.297. The van der Waals surface area contributed by atoms with Crippen molar-refractivity contribution in [3.05, 3.63) is 141 Å². The number of nitrogens with one attached hydrogen (secondary N) is 1. The van der Waals surface area contributed by atoms with Crippen molar-refractivity contribution in [1.29, 1.82) is 5.26 Å². The van der Waals surface area contributed by atoms with E-state index in [2.05, 4.69) is 96.7 Å². The molecule has 0 aromatic heterocycles. The average molecular weight is 893 g/mol. The summed E-state index contributed by atoms with van der Waals surface area (Å²) in [6, 6.07) is 27.9. The molecule has 1 fully saturated rings. The lowest BCUT2D eigenvalue weighted by Crippen LogP contribution is -2.68. The zero-order chi connectivity index (χ0) is 45.1. The first-order valence-electron chi connectivity index (χ1n) is 22.2. The van der Waals surface area contributed by atoms with Crippen LogP contribution < -0.4 is 19.5 Å². The van der Waals surface area contributed by atoms with Crippen molar-refractivity contribution < 1.29 is 38.4 Å². The third-order valence-electron chi connectivity index (χ3n) is 14.3. The molecule has 0 radical (unpaired) electrons. The molecular formula is C52H52N4O8S. The van der Waals surface area contributed by atoms with E-state index in [1.165, 1.54) is 27.8 Å². The molecule has 5 aromatic carbocycles. The van der Waals surface area contributed by atoms with E-state index < -0.39 is 30.2 Å². The van der Waals surface area contributed by atoms with Crippen molar-refractivity contribution in [1.82, 2.24) is 15.1 Å². The number of carbonyl (C=O) groups excluding carboxylic acids is 2. The highest BCUT2D eigenvalue weighted by Gasteiger charge is 2.56. The predicted molar refractivity (Wildman–Crippen MR) is 246 cm³/mol. The summed E-state index contributed by atoms with van der Waals surface area (Å²) in [4.78, 5) is 32.6. The molecule has 6 atom stereocenters. The fourth-order valence-corrected chi connectivity index (χ4v) is 12.6. The first kappa shape index (κ1) is 42.7. The van der Waals surface area contributed by atoms with Crippen LogP contribution in [0.2, 0.25) is 0 Å². The number of piperazine rings is 1. The van der Waals surface area contributed by atoms with Crippen LogP contribution in [0, 0.1) is 32.1 Å². The lowest BCUT2D eigenvalue weighted by atomic mass is 9.71. The molecule has 65 heavy (non-hydrogen) atoms. The number of benzene rings is 5. The van der Waals surface area contributed by atoms with Crippen molar-refractivity contribution in [3.63, 3.8) is 0 Å². The summed E-state index contributed by atoms with van der Waals surface area (Å²) in [5, 5.41) is 26.0. The number of likely N-dealkylation sites (N-methyl/N-ethyl adjacent to an activating group) is 1. The third kappa shape index (κ3) is 7.23. The SMILES string of the molecule is COc1c(C)cc2c(c1C)[C@@H]1C3Cc4c(O)c(C)c5c(c4[C@H](COC(=O)[C@H](CSCC4c6ccccc6-c6ccccc64)NC(=O)OCc4ccccc4)N3[C@@H](C#N)[C@H](C2)N1C)OCO5. The van der Waals surface area contributed by atoms with Gasteiger partial charge in [0.2, 0.25) is 6.79 Å². The molecule has 4 heterocycles. The second kappa shape index (κ2) is 17.3. The van der Waals surface area contributed by atoms with Gasteiger partial charge in [-0.15, -0.1) is 0 Å². The van der Waals surface area contributed by atoms with Gasteiger partial charge in [-0.3, -0.25) is 9.80 Å². The fraction of sp³-hybridized carbons (Fsp3) is 0.365. The van der Waals surface area contributed by atoms with E-state index in [1.54, 1.807) is 18.9 Å². The number of phenolic OH excluding ortho intramolecular Hbond substituents is 1. The van der Waals surface area contributed by atoms with Crippen LogP contribution in [0.15, 0.2) is 84.9 Å². The molecule has 2 N–H and O–H groups in total. The molecule has 2 bridgehead atoms. The summed E-state index contributed by atoms with van der Waals surface area (Å²) in [5.74, 6) is 2.18. The summed E-state index contributed by atoms with van der Waals surface area (Å²) >= 11 is 1.56. The normalized spacial score (nSPS) is 21.8. The number of methoxy groups -OCH3 is 1. The molecule has 10 rings (SSSR count). The number of aromatic hydroxyl groups is 1. The van der Waals surface area contributed by atoms with Gasteiger partial charge in [0, 0.05) is 46.2 Å². The standard InChI is InChI=1S/C52H52N4O8S/c1-28-19-32-20-40-42(22-53)56-41(46(55(40)4)44(32)29(2)48(28)60-5)21-37-45(50-49(63-27-64-50)30(3)47(37)57)43(56)24-61-51(58)39(54-52(59)62-23-31-13-7-6-8-14-31)26-65-25-38-35-17-11-9-15-33(35)34-16-10-12-18-36(34)38/h6-19,38-43,46,57H,20-21,23-27H2,1-5H3,(H,54,59)/t39-,40-,41?,42-,43-,46-/m0/s1. The number of rotatable bonds is 11. The monoisotopic (exact) mass is 892 g/mol. The Morgan fingerprint density at radius 3 is 2.31 bits per heavy atom. The number of nitrogens with zero attached hydrogens (tertiary/aromatic N) is 3. The zero-order valence-electron chi connectivity index (χ0n) is 37.1. The topological polar surface area (TPSA) is 143 Å². The van der Waals surface area contributed by atoms with Gasteiger partial charge in [-0.05, 0) is 90.7 Å². The lowest BCUT2D eigenvalue weighted by molar-refractivity contribution is -0.150. The molecule has 1 unspecified atom stereocenters. The molecule has 334 valence electrons. The van der Waals surface area contributed by atoms with Gasteiger partial charge in [0.1, 0.15) is 36.8 Å². The molecule has 1 saturated heterocycles. The zero-order valence-corrected chi connectivity index (χ0v) is 37.9. The maximum absolute atomic E-state index is 14.6. The quantitative estimate of drug-likeness (QED) is 0.124. The summed E-state index contributed by atoms with van der Waals surface area (Å²) in [7, 11) is 3.77. The van der Waals surface area contributed by atoms with Gasteiger partial charge in [-0.1, -0.05) is 84.9 Å². The predicted octanol–water partition coefficient (Wildman–Crippen LogP) is 8.21. The Bertz CT molecular complexity index is 2690. The number of thioether (sulfide) groups is 1. The van der Waals surface area contributed by atoms with Crippen LogP contribution in [0.1, 0.15) is 73.6 Å². The highest BCUT2D eigenvalue weighted by atomic mass is 32.2. The van der Waals surface area contributed by atoms with E-state index >= 15 is 0 Å². The van der Waals surface area contributed by atoms with E-state index in [0.717, 1.165) is 28.0 Å². The van der Waals surface area contributed by atoms with Crippen molar-refractivity contribution in [2.24, 2.45) is 0 Å². The second-order valence-corrected chi connectivity index (χ2v) is 18.8. The van der Waals surface area contributed by atoms with E-state index in [4.69, 9.17) is 23.7 Å². The Kier molecular flexibility index (Phi) is 11.4. The Morgan fingerprint density at radius 2 is 1.60 bits per heavy atom. The Balaban J connectivity index is 0.977. The number of esters is 1. The average Bonchev–Trinajstić information content (AvgIpc) is 3.93. The van der Waals surface area contributed by atoms with Gasteiger partial charge >= 0.3 is 12.1 Å². The highest BCUT2D eigenvalue weighted by Crippen LogP contribution is 2.57. The van der Waals surface area contributed by atoms with E-state index in [9.17, 15) is 20.0 Å². The lowest BCUT2D eigenvalue weighted by Gasteiger charge is -2.60. The van der Waals surface area contributed by atoms with Gasteiger partial charge < -0.3 is 34.1 Å². The van der Waals surface area contributed by atoms with Crippen molar-refractivity contribution in [3.8, 4) is 40.2 Å². The van der Waals surface area contributed by atoms with E-state index in [-0.39, 0.29) is 55.6 Å². The Hall–Kier alpha value is -6.20. The van der Waals surface area contributed by atoms with Gasteiger partial charge in [-0.2, -0.15) is 17.0 Å². The Labute approximate surface area is 383 Å². The summed E-state index contributed by atoms with van der Waals surface area (Å²) in [5.41, 5.74) is 12.0. The highest BCUT2D eigenvalue weighted by molar-refractivity contribution is 7.99. The molecule has 5 aliphatic rings. The number of nitriles is 1. The fourth-order valence-electron chi connectivity index (χ4n) is 11.4. The van der Waals surface area contributed by atoms with E-state index in [0.29, 0.717) is 46.8 Å². The van der Waals surface area contributed by atoms with Crippen LogP contribution in [0.3, 0.4) is 0 Å². The number of ether oxygens (including phenoxy) is 5. The largest absolute Gasteiger partial charge is 0.507 e. The van der Waals surface area contributed by atoms with Crippen LogP contribution in [-0.2, 0) is 33.7 Å². The smallest absolute Gasteiger partial charge is 0.408 e. The molecule has 12 nitrogen and oxygen atoms in total. The number of fused-ring (bicyclic) bond motifs is 12. The second-order valence-electron chi connectivity index (χ2n) is 17.7. The minimum atomic E-state index is -1.07. The van der Waals surface area contributed by atoms with Crippen molar-refractivity contribution in [2.45, 2.75) is 82.4 Å². The molecule has 13 heteroatoms. The maximum Gasteiger partial charge on any atom is 0.408 e. The van der Waals surface area contributed by atoms with Crippen LogP contribution in [-0.4, -0.2) is 90.2 Å². The molecule has 1 amide bonds. The summed E-state index contributed by atoms with van der Waals surface area (Å²) < 4.78 is 30.1. The Morgan fingerprint density at radius 1 is 0.908 bits per heavy atom. The van der Waals surface area contributed by atoms with Crippen molar-refractivity contribution in [2.75, 3.05) is 39.1 Å². The number of carbonyl (C=O) groups is 2.